The van der Waals surface area contributed by atoms with E-state index in [4.69, 9.17) is 10.5 Å². The van der Waals surface area contributed by atoms with Crippen molar-refractivity contribution in [3.63, 3.8) is 0 Å². The third-order valence-corrected chi connectivity index (χ3v) is 2.75. The second-order valence-corrected chi connectivity index (χ2v) is 4.14. The Labute approximate surface area is 102 Å². The van der Waals surface area contributed by atoms with E-state index in [1.165, 1.54) is 0 Å². The molecule has 1 atom stereocenters. The molecule has 1 rings (SSSR count). The van der Waals surface area contributed by atoms with Gasteiger partial charge in [-0.3, -0.25) is 4.79 Å². The maximum Gasteiger partial charge on any atom is 0.226 e. The minimum atomic E-state index is -0.144. The fraction of sp³-hybridized carbons (Fsp3) is 0.462. The van der Waals surface area contributed by atoms with Gasteiger partial charge in [0, 0.05) is 31.6 Å². The van der Waals surface area contributed by atoms with Gasteiger partial charge < -0.3 is 15.4 Å². The minimum absolute atomic E-state index is 0.0541. The van der Waals surface area contributed by atoms with Gasteiger partial charge in [0.15, 0.2) is 0 Å². The first-order chi connectivity index (χ1) is 8.10. The fourth-order valence-electron chi connectivity index (χ4n) is 1.64. The van der Waals surface area contributed by atoms with E-state index in [0.29, 0.717) is 13.1 Å². The molecule has 0 heterocycles. The second kappa shape index (κ2) is 6.25. The third-order valence-electron chi connectivity index (χ3n) is 2.75. The average molecular weight is 236 g/mol. The smallest absolute Gasteiger partial charge is 0.226 e. The highest BCUT2D eigenvalue weighted by Gasteiger charge is 2.17. The molecule has 4 heteroatoms. The highest BCUT2D eigenvalue weighted by atomic mass is 16.5. The van der Waals surface area contributed by atoms with E-state index >= 15 is 0 Å². The van der Waals surface area contributed by atoms with E-state index in [-0.39, 0.29) is 11.8 Å². The predicted molar refractivity (Wildman–Crippen MR) is 67.7 cm³/mol. The van der Waals surface area contributed by atoms with Crippen LogP contribution in [0.4, 0.5) is 0 Å². The topological polar surface area (TPSA) is 55.6 Å². The summed E-state index contributed by atoms with van der Waals surface area (Å²) in [5.41, 5.74) is 6.48. The number of ether oxygens (including phenoxy) is 1. The highest BCUT2D eigenvalue weighted by Crippen LogP contribution is 2.19. The maximum atomic E-state index is 11.9. The zero-order chi connectivity index (χ0) is 12.8. The molecule has 0 saturated carbocycles. The van der Waals surface area contributed by atoms with Crippen molar-refractivity contribution in [2.24, 2.45) is 11.7 Å². The normalized spacial score (nSPS) is 12.0. The molecule has 0 bridgehead atoms. The monoisotopic (exact) mass is 236 g/mol. The van der Waals surface area contributed by atoms with Gasteiger partial charge in [-0.1, -0.05) is 25.1 Å². The molecule has 17 heavy (non-hydrogen) atoms. The number of hydrogen-bond donors (Lipinski definition) is 1. The van der Waals surface area contributed by atoms with Gasteiger partial charge in [-0.15, -0.1) is 0 Å². The van der Waals surface area contributed by atoms with Crippen LogP contribution in [0.1, 0.15) is 12.5 Å². The van der Waals surface area contributed by atoms with Crippen LogP contribution in [0.3, 0.4) is 0 Å². The SMILES string of the molecule is COc1ccccc1CN(C)C(=O)C(C)CN. The van der Waals surface area contributed by atoms with Crippen molar-refractivity contribution in [1.82, 2.24) is 4.90 Å². The highest BCUT2D eigenvalue weighted by molar-refractivity contribution is 5.78. The molecule has 0 fully saturated rings. The van der Waals surface area contributed by atoms with E-state index in [0.717, 1.165) is 11.3 Å². The summed E-state index contributed by atoms with van der Waals surface area (Å²) in [6.07, 6.45) is 0. The van der Waals surface area contributed by atoms with Crippen molar-refractivity contribution in [3.05, 3.63) is 29.8 Å². The summed E-state index contributed by atoms with van der Waals surface area (Å²) in [5, 5.41) is 0. The fourth-order valence-corrected chi connectivity index (χ4v) is 1.64. The predicted octanol–water partition coefficient (Wildman–Crippen LogP) is 1.25. The number of carbonyl (C=O) groups excluding carboxylic acids is 1. The van der Waals surface area contributed by atoms with Crippen LogP contribution in [0.2, 0.25) is 0 Å². The number of rotatable bonds is 5. The summed E-state index contributed by atoms with van der Waals surface area (Å²) in [4.78, 5) is 13.6. The first kappa shape index (κ1) is 13.5. The van der Waals surface area contributed by atoms with Gasteiger partial charge in [-0.25, -0.2) is 0 Å². The van der Waals surface area contributed by atoms with Gasteiger partial charge in [0.2, 0.25) is 5.91 Å². The lowest BCUT2D eigenvalue weighted by Gasteiger charge is -2.21. The summed E-state index contributed by atoms with van der Waals surface area (Å²) < 4.78 is 5.25. The van der Waals surface area contributed by atoms with Crippen LogP contribution in [0.15, 0.2) is 24.3 Å². The quantitative estimate of drug-likeness (QED) is 0.837. The molecular weight excluding hydrogens is 216 g/mol. The van der Waals surface area contributed by atoms with Crippen LogP contribution >= 0.6 is 0 Å². The van der Waals surface area contributed by atoms with Crippen LogP contribution in [0, 0.1) is 5.92 Å². The molecule has 0 saturated heterocycles. The van der Waals surface area contributed by atoms with Crippen molar-refractivity contribution >= 4 is 5.91 Å². The molecule has 0 aliphatic heterocycles. The lowest BCUT2D eigenvalue weighted by molar-refractivity contribution is -0.133. The Kier molecular flexibility index (Phi) is 4.97. The number of carbonyl (C=O) groups is 1. The van der Waals surface area contributed by atoms with Crippen LogP contribution in [0.25, 0.3) is 0 Å². The number of amides is 1. The van der Waals surface area contributed by atoms with Crippen LogP contribution in [-0.4, -0.2) is 31.5 Å². The molecule has 0 aliphatic rings. The molecule has 1 amide bonds. The Hall–Kier alpha value is -1.55. The van der Waals surface area contributed by atoms with Crippen LogP contribution < -0.4 is 10.5 Å². The average Bonchev–Trinajstić information content (AvgIpc) is 2.37. The molecule has 2 N–H and O–H groups in total. The number of benzene rings is 1. The van der Waals surface area contributed by atoms with Gasteiger partial charge in [0.05, 0.1) is 7.11 Å². The molecule has 0 radical (unpaired) electrons. The first-order valence-corrected chi connectivity index (χ1v) is 5.67. The van der Waals surface area contributed by atoms with Gasteiger partial charge >= 0.3 is 0 Å². The number of methoxy groups -OCH3 is 1. The lowest BCUT2D eigenvalue weighted by atomic mass is 10.1. The molecule has 0 spiro atoms. The van der Waals surface area contributed by atoms with Crippen LogP contribution in [0.5, 0.6) is 5.75 Å². The summed E-state index contributed by atoms with van der Waals surface area (Å²) >= 11 is 0. The van der Waals surface area contributed by atoms with Gasteiger partial charge in [0.25, 0.3) is 0 Å². The molecule has 1 unspecified atom stereocenters. The Morgan fingerprint density at radius 1 is 1.47 bits per heavy atom. The van der Waals surface area contributed by atoms with Crippen molar-refractivity contribution < 1.29 is 9.53 Å². The number of para-hydroxylation sites is 1. The summed E-state index contributed by atoms with van der Waals surface area (Å²) in [6, 6.07) is 7.69. The summed E-state index contributed by atoms with van der Waals surface area (Å²) in [5.74, 6) is 0.709. The maximum absolute atomic E-state index is 11.9. The number of nitrogens with zero attached hydrogens (tertiary/aromatic N) is 1. The summed E-state index contributed by atoms with van der Waals surface area (Å²) in [7, 11) is 3.41. The van der Waals surface area contributed by atoms with Crippen molar-refractivity contribution in [2.45, 2.75) is 13.5 Å². The van der Waals surface area contributed by atoms with E-state index < -0.39 is 0 Å². The zero-order valence-electron chi connectivity index (χ0n) is 10.6. The Morgan fingerprint density at radius 3 is 2.71 bits per heavy atom. The zero-order valence-corrected chi connectivity index (χ0v) is 10.6. The van der Waals surface area contributed by atoms with E-state index in [1.54, 1.807) is 19.1 Å². The standard InChI is InChI=1S/C13H20N2O2/c1-10(8-14)13(16)15(2)9-11-6-4-5-7-12(11)17-3/h4-7,10H,8-9,14H2,1-3H3. The second-order valence-electron chi connectivity index (χ2n) is 4.14. The number of hydrogen-bond acceptors (Lipinski definition) is 3. The van der Waals surface area contributed by atoms with Crippen molar-refractivity contribution in [3.8, 4) is 5.75 Å². The Morgan fingerprint density at radius 2 is 2.12 bits per heavy atom. The van der Waals surface area contributed by atoms with Gasteiger partial charge in [0.1, 0.15) is 5.75 Å². The van der Waals surface area contributed by atoms with E-state index in [2.05, 4.69) is 0 Å². The number of nitrogens with two attached hydrogens (primary N) is 1. The van der Waals surface area contributed by atoms with E-state index in [1.807, 2.05) is 31.2 Å². The van der Waals surface area contributed by atoms with Gasteiger partial charge in [-0.2, -0.15) is 0 Å². The lowest BCUT2D eigenvalue weighted by Crippen LogP contribution is -2.34. The first-order valence-electron chi connectivity index (χ1n) is 5.67. The summed E-state index contributed by atoms with van der Waals surface area (Å²) in [6.45, 7) is 2.74. The van der Waals surface area contributed by atoms with Gasteiger partial charge in [-0.05, 0) is 6.07 Å². The Balaban J connectivity index is 2.74. The van der Waals surface area contributed by atoms with E-state index in [9.17, 15) is 4.79 Å². The molecule has 94 valence electrons. The van der Waals surface area contributed by atoms with Crippen LogP contribution in [-0.2, 0) is 11.3 Å². The minimum Gasteiger partial charge on any atom is -0.496 e. The van der Waals surface area contributed by atoms with Crippen molar-refractivity contribution in [2.75, 3.05) is 20.7 Å². The molecule has 4 nitrogen and oxygen atoms in total. The largest absolute Gasteiger partial charge is 0.496 e. The Bertz CT molecular complexity index is 379. The molecular formula is C13H20N2O2. The molecule has 1 aromatic carbocycles. The third kappa shape index (κ3) is 3.46. The molecule has 0 aromatic heterocycles. The molecule has 0 aliphatic carbocycles. The molecule has 1 aromatic rings. The van der Waals surface area contributed by atoms with Crippen molar-refractivity contribution in [1.29, 1.82) is 0 Å².